The molecular formula is C22H26N4O4. The molecule has 30 heavy (non-hydrogen) atoms. The summed E-state index contributed by atoms with van der Waals surface area (Å²) in [4.78, 5) is 23.6. The van der Waals surface area contributed by atoms with Crippen molar-refractivity contribution in [1.82, 2.24) is 9.78 Å². The van der Waals surface area contributed by atoms with Crippen molar-refractivity contribution in [3.63, 3.8) is 0 Å². The van der Waals surface area contributed by atoms with Gasteiger partial charge in [0.2, 0.25) is 0 Å². The maximum Gasteiger partial charge on any atom is 0.334 e. The van der Waals surface area contributed by atoms with Gasteiger partial charge in [0.05, 0.1) is 21.6 Å². The Kier molecular flexibility index (Phi) is 4.88. The quantitative estimate of drug-likeness (QED) is 0.556. The summed E-state index contributed by atoms with van der Waals surface area (Å²) in [6, 6.07) is 6.38. The summed E-state index contributed by atoms with van der Waals surface area (Å²) in [5.41, 5.74) is 2.07. The van der Waals surface area contributed by atoms with Gasteiger partial charge in [0.25, 0.3) is 5.69 Å². The summed E-state index contributed by atoms with van der Waals surface area (Å²) in [5, 5.41) is 29.8. The first kappa shape index (κ1) is 20.1. The topological polar surface area (TPSA) is 110 Å². The minimum Gasteiger partial charge on any atom is -0.478 e. The van der Waals surface area contributed by atoms with Crippen LogP contribution in [0.3, 0.4) is 0 Å². The molecule has 0 amide bonds. The van der Waals surface area contributed by atoms with Crippen LogP contribution in [0.15, 0.2) is 35.5 Å². The smallest absolute Gasteiger partial charge is 0.334 e. The van der Waals surface area contributed by atoms with Gasteiger partial charge in [0, 0.05) is 36.4 Å². The number of carboxylic acids is 1. The maximum absolute atomic E-state index is 12.5. The van der Waals surface area contributed by atoms with Crippen LogP contribution in [-0.4, -0.2) is 25.8 Å². The zero-order valence-corrected chi connectivity index (χ0v) is 17.4. The molecule has 1 aliphatic heterocycles. The molecule has 1 unspecified atom stereocenters. The molecule has 0 bridgehead atoms. The summed E-state index contributed by atoms with van der Waals surface area (Å²) in [6.45, 7) is 3.69. The number of fused-ring (bicyclic) bond motifs is 1. The zero-order chi connectivity index (χ0) is 21.6. The molecule has 2 aliphatic rings. The summed E-state index contributed by atoms with van der Waals surface area (Å²) in [6.07, 6.45) is 4.74. The highest BCUT2D eigenvalue weighted by Gasteiger charge is 2.50. The number of nitrogens with zero attached hydrogens (tertiary/aromatic N) is 3. The molecule has 1 atom stereocenters. The average molecular weight is 410 g/mol. The molecule has 8 heteroatoms. The van der Waals surface area contributed by atoms with Crippen LogP contribution < -0.4 is 5.32 Å². The Bertz CT molecular complexity index is 1070. The standard InChI is InChI=1S/C22H26N4O4/c1-4-22(15-10-7-11-16(12-15)26(29)30)17(21(27)28)13(2)23-20-18(22)19(24-25(20)3)14-8-5-6-9-14/h7,10-12,14,23H,4-6,8-9H2,1-3H3,(H,27,28). The van der Waals surface area contributed by atoms with Crippen molar-refractivity contribution in [2.45, 2.75) is 57.3 Å². The first-order valence-electron chi connectivity index (χ1n) is 10.3. The average Bonchev–Trinajstić information content (AvgIpc) is 3.35. The minimum atomic E-state index is -1.03. The van der Waals surface area contributed by atoms with E-state index in [4.69, 9.17) is 5.10 Å². The Morgan fingerprint density at radius 2 is 2.10 bits per heavy atom. The van der Waals surface area contributed by atoms with Gasteiger partial charge in [-0.25, -0.2) is 4.79 Å². The summed E-state index contributed by atoms with van der Waals surface area (Å²) in [7, 11) is 1.86. The summed E-state index contributed by atoms with van der Waals surface area (Å²) >= 11 is 0. The second kappa shape index (κ2) is 7.27. The van der Waals surface area contributed by atoms with Gasteiger partial charge < -0.3 is 10.4 Å². The van der Waals surface area contributed by atoms with E-state index in [1.165, 1.54) is 12.1 Å². The number of nitrogens with one attached hydrogen (secondary N) is 1. The van der Waals surface area contributed by atoms with Crippen LogP contribution in [0.1, 0.15) is 68.7 Å². The number of carbonyl (C=O) groups is 1. The van der Waals surface area contributed by atoms with Gasteiger partial charge in [-0.1, -0.05) is 31.9 Å². The van der Waals surface area contributed by atoms with Crippen molar-refractivity contribution in [1.29, 1.82) is 0 Å². The Balaban J connectivity index is 2.08. The predicted octanol–water partition coefficient (Wildman–Crippen LogP) is 4.47. The van der Waals surface area contributed by atoms with Crippen molar-refractivity contribution in [3.05, 3.63) is 62.5 Å². The number of nitro benzene ring substituents is 1. The van der Waals surface area contributed by atoms with E-state index in [2.05, 4.69) is 5.32 Å². The Hall–Kier alpha value is -3.16. The maximum atomic E-state index is 12.5. The second-order valence-electron chi connectivity index (χ2n) is 8.21. The van der Waals surface area contributed by atoms with E-state index in [9.17, 15) is 20.0 Å². The lowest BCUT2D eigenvalue weighted by Gasteiger charge is -2.40. The minimum absolute atomic E-state index is 0.0471. The lowest BCUT2D eigenvalue weighted by molar-refractivity contribution is -0.384. The van der Waals surface area contributed by atoms with Crippen LogP contribution >= 0.6 is 0 Å². The molecule has 1 saturated carbocycles. The van der Waals surface area contributed by atoms with Crippen LogP contribution in [-0.2, 0) is 17.3 Å². The number of hydrogen-bond acceptors (Lipinski definition) is 5. The number of nitro groups is 1. The highest BCUT2D eigenvalue weighted by molar-refractivity contribution is 5.95. The van der Waals surface area contributed by atoms with E-state index in [1.54, 1.807) is 23.7 Å². The van der Waals surface area contributed by atoms with E-state index in [0.29, 0.717) is 17.7 Å². The number of benzene rings is 1. The molecule has 2 N–H and O–H groups in total. The van der Waals surface area contributed by atoms with Gasteiger partial charge in [-0.05, 0) is 31.7 Å². The lowest BCUT2D eigenvalue weighted by Crippen LogP contribution is -2.39. The van der Waals surface area contributed by atoms with Crippen molar-refractivity contribution in [2.24, 2.45) is 7.05 Å². The number of rotatable bonds is 5. The number of aromatic nitrogens is 2. The third-order valence-electron chi connectivity index (χ3n) is 6.64. The highest BCUT2D eigenvalue weighted by Crippen LogP contribution is 2.53. The molecule has 1 aromatic carbocycles. The van der Waals surface area contributed by atoms with E-state index in [-0.39, 0.29) is 17.2 Å². The Labute approximate surface area is 174 Å². The Morgan fingerprint density at radius 3 is 2.70 bits per heavy atom. The van der Waals surface area contributed by atoms with Crippen LogP contribution in [0.2, 0.25) is 0 Å². The van der Waals surface area contributed by atoms with E-state index in [0.717, 1.165) is 42.8 Å². The molecule has 158 valence electrons. The number of allylic oxidation sites excluding steroid dienone is 1. The number of anilines is 1. The number of aryl methyl sites for hydroxylation is 1. The fourth-order valence-electron chi connectivity index (χ4n) is 5.35. The van der Waals surface area contributed by atoms with Gasteiger partial charge in [0.15, 0.2) is 0 Å². The number of carboxylic acid groups (broad SMARTS) is 1. The first-order chi connectivity index (χ1) is 14.3. The molecule has 4 rings (SSSR count). The van der Waals surface area contributed by atoms with Crippen molar-refractivity contribution >= 4 is 17.5 Å². The van der Waals surface area contributed by atoms with E-state index < -0.39 is 16.3 Å². The number of aliphatic carboxylic acids is 1. The third-order valence-corrected chi connectivity index (χ3v) is 6.64. The molecule has 1 aromatic heterocycles. The molecule has 1 aliphatic carbocycles. The first-order valence-corrected chi connectivity index (χ1v) is 10.3. The van der Waals surface area contributed by atoms with Gasteiger partial charge in [-0.15, -0.1) is 0 Å². The van der Waals surface area contributed by atoms with Crippen molar-refractivity contribution < 1.29 is 14.8 Å². The zero-order valence-electron chi connectivity index (χ0n) is 17.4. The fourth-order valence-corrected chi connectivity index (χ4v) is 5.35. The third kappa shape index (κ3) is 2.81. The van der Waals surface area contributed by atoms with Crippen molar-refractivity contribution in [2.75, 3.05) is 5.32 Å². The van der Waals surface area contributed by atoms with Gasteiger partial charge >= 0.3 is 5.97 Å². The SMILES string of the molecule is CCC1(c2cccc([N+](=O)[O-])c2)C(C(=O)O)=C(C)Nc2c1c(C1CCCC1)nn2C. The van der Waals surface area contributed by atoms with E-state index >= 15 is 0 Å². The molecule has 1 fully saturated rings. The molecule has 2 aromatic rings. The highest BCUT2D eigenvalue weighted by atomic mass is 16.6. The van der Waals surface area contributed by atoms with Gasteiger partial charge in [0.1, 0.15) is 5.82 Å². The molecule has 0 saturated heterocycles. The van der Waals surface area contributed by atoms with E-state index in [1.807, 2.05) is 14.0 Å². The Morgan fingerprint density at radius 1 is 1.40 bits per heavy atom. The fraction of sp³-hybridized carbons (Fsp3) is 0.455. The largest absolute Gasteiger partial charge is 0.478 e. The predicted molar refractivity (Wildman–Crippen MR) is 113 cm³/mol. The van der Waals surface area contributed by atoms with Crippen LogP contribution in [0.25, 0.3) is 0 Å². The van der Waals surface area contributed by atoms with Gasteiger partial charge in [-0.2, -0.15) is 5.10 Å². The molecule has 2 heterocycles. The van der Waals surface area contributed by atoms with Gasteiger partial charge in [-0.3, -0.25) is 14.8 Å². The van der Waals surface area contributed by atoms with Crippen molar-refractivity contribution in [3.8, 4) is 0 Å². The molecule has 0 spiro atoms. The number of non-ortho nitro benzene ring substituents is 1. The summed E-state index contributed by atoms with van der Waals surface area (Å²) < 4.78 is 1.78. The van der Waals surface area contributed by atoms with Crippen LogP contribution in [0.5, 0.6) is 0 Å². The summed E-state index contributed by atoms with van der Waals surface area (Å²) in [5.74, 6) is 0.00723. The lowest BCUT2D eigenvalue weighted by atomic mass is 9.64. The monoisotopic (exact) mass is 410 g/mol. The molecule has 0 radical (unpaired) electrons. The number of hydrogen-bond donors (Lipinski definition) is 2. The normalized spacial score (nSPS) is 21.4. The molecular weight excluding hydrogens is 384 g/mol. The second-order valence-corrected chi connectivity index (χ2v) is 8.21. The van der Waals surface area contributed by atoms with Crippen LogP contribution in [0.4, 0.5) is 11.5 Å². The van der Waals surface area contributed by atoms with Crippen LogP contribution in [0, 0.1) is 10.1 Å². The molecule has 8 nitrogen and oxygen atoms in total.